The van der Waals surface area contributed by atoms with Crippen LogP contribution in [0.4, 0.5) is 0 Å². The average Bonchev–Trinajstić information content (AvgIpc) is 2.94. The number of carbonyl (C=O) groups excluding carboxylic acids is 2. The Morgan fingerprint density at radius 1 is 0.778 bits per heavy atom. The number of carbonyl (C=O) groups is 2. The lowest BCUT2D eigenvalue weighted by atomic mass is 9.79. The fourth-order valence-electron chi connectivity index (χ4n) is 7.22. The predicted octanol–water partition coefficient (Wildman–Crippen LogP) is 9.93. The monoisotopic (exact) mass is 635 g/mol. The second-order valence-electron chi connectivity index (χ2n) is 15.9. The third-order valence-electron chi connectivity index (χ3n) is 10.3. The maximum Gasteiger partial charge on any atom is 0.330 e. The van der Waals surface area contributed by atoms with Crippen molar-refractivity contribution < 1.29 is 19.1 Å². The first-order valence-corrected chi connectivity index (χ1v) is 18.7. The van der Waals surface area contributed by atoms with Crippen LogP contribution >= 0.6 is 0 Å². The van der Waals surface area contributed by atoms with Crippen molar-refractivity contribution in [2.24, 2.45) is 5.92 Å². The van der Waals surface area contributed by atoms with Crippen molar-refractivity contribution in [1.29, 1.82) is 0 Å². The molecule has 1 N–H and O–H groups in total. The molecule has 0 saturated carbocycles. The number of hydrogen-bond acceptors (Lipinski definition) is 6. The Morgan fingerprint density at radius 3 is 1.67 bits per heavy atom. The first-order chi connectivity index (χ1) is 21.1. The smallest absolute Gasteiger partial charge is 0.330 e. The molecule has 6 heteroatoms. The van der Waals surface area contributed by atoms with Gasteiger partial charge in [-0.15, -0.1) is 0 Å². The summed E-state index contributed by atoms with van der Waals surface area (Å²) in [7, 11) is 2.17. The summed E-state index contributed by atoms with van der Waals surface area (Å²) in [6, 6.07) is 0. The van der Waals surface area contributed by atoms with Crippen LogP contribution in [0.5, 0.6) is 0 Å². The maximum absolute atomic E-state index is 12.2. The highest BCUT2D eigenvalue weighted by Gasteiger charge is 2.41. The molecule has 2 aliphatic rings. The second-order valence-corrected chi connectivity index (χ2v) is 15.9. The van der Waals surface area contributed by atoms with Gasteiger partial charge in [-0.1, -0.05) is 110 Å². The van der Waals surface area contributed by atoms with Crippen LogP contribution in [0.3, 0.4) is 0 Å². The van der Waals surface area contributed by atoms with E-state index >= 15 is 0 Å². The molecule has 0 radical (unpaired) electrons. The number of ether oxygens (including phenoxy) is 2. The Balaban J connectivity index is 0.000000562. The van der Waals surface area contributed by atoms with E-state index in [4.69, 9.17) is 9.47 Å². The molecule has 2 heterocycles. The molecule has 0 bridgehead atoms. The summed E-state index contributed by atoms with van der Waals surface area (Å²) >= 11 is 0. The largest absolute Gasteiger partial charge is 0.462 e. The molecule has 2 atom stereocenters. The van der Waals surface area contributed by atoms with Crippen molar-refractivity contribution in [3.63, 3.8) is 0 Å². The van der Waals surface area contributed by atoms with E-state index in [0.29, 0.717) is 12.3 Å². The zero-order valence-electron chi connectivity index (χ0n) is 31.2. The van der Waals surface area contributed by atoms with Crippen LogP contribution in [0, 0.1) is 5.92 Å². The maximum atomic E-state index is 12.2. The van der Waals surface area contributed by atoms with Gasteiger partial charge in [-0.2, -0.15) is 0 Å². The van der Waals surface area contributed by atoms with Gasteiger partial charge in [-0.3, -0.25) is 4.79 Å². The van der Waals surface area contributed by atoms with Crippen LogP contribution < -0.4 is 5.32 Å². The standard InChI is InChI=1S/C27H53NO2.C12H21NO2/c1-6-7-8-9-10-11-12-13-14-15-16-17-18-19-20-21-26(29)30-25-22-23-28(5)27(3,4)24(25)2;1-6-10(14)15-9-7-11(2,3)13-12(4,5)8-9/h24-25H,6-23H2,1-5H3;6,9,13H,1,7-8H2,2-5H3. The molecule has 0 amide bonds. The van der Waals surface area contributed by atoms with Crippen molar-refractivity contribution in [1.82, 2.24) is 10.2 Å². The van der Waals surface area contributed by atoms with Crippen LogP contribution in [0.2, 0.25) is 0 Å². The van der Waals surface area contributed by atoms with Crippen molar-refractivity contribution in [3.8, 4) is 0 Å². The Morgan fingerprint density at radius 2 is 1.22 bits per heavy atom. The second kappa shape index (κ2) is 21.5. The molecule has 0 spiro atoms. The molecular formula is C39H74N2O4. The number of likely N-dealkylation sites (tertiary alicyclic amines) is 1. The van der Waals surface area contributed by atoms with Gasteiger partial charge in [-0.25, -0.2) is 4.79 Å². The third-order valence-corrected chi connectivity index (χ3v) is 10.3. The first kappa shape index (κ1) is 41.6. The van der Waals surface area contributed by atoms with Crippen LogP contribution in [-0.4, -0.2) is 59.3 Å². The fourth-order valence-corrected chi connectivity index (χ4v) is 7.22. The van der Waals surface area contributed by atoms with Crippen LogP contribution in [0.1, 0.15) is 177 Å². The van der Waals surface area contributed by atoms with Gasteiger partial charge in [0.05, 0.1) is 0 Å². The van der Waals surface area contributed by atoms with Gasteiger partial charge < -0.3 is 19.7 Å². The van der Waals surface area contributed by atoms with E-state index in [0.717, 1.165) is 32.2 Å². The normalized spacial score (nSPS) is 22.6. The third kappa shape index (κ3) is 17.9. The molecule has 0 aromatic rings. The van der Waals surface area contributed by atoms with Crippen molar-refractivity contribution in [3.05, 3.63) is 12.7 Å². The highest BCUT2D eigenvalue weighted by atomic mass is 16.5. The summed E-state index contributed by atoms with van der Waals surface area (Å²) in [5, 5.41) is 3.54. The van der Waals surface area contributed by atoms with E-state index in [-0.39, 0.29) is 40.8 Å². The zero-order valence-corrected chi connectivity index (χ0v) is 31.2. The molecule has 2 aliphatic heterocycles. The lowest BCUT2D eigenvalue weighted by Gasteiger charge is -2.48. The Bertz CT molecular complexity index is 821. The highest BCUT2D eigenvalue weighted by molar-refractivity contribution is 5.81. The fraction of sp³-hybridized carbons (Fsp3) is 0.897. The molecule has 2 rings (SSSR count). The van der Waals surface area contributed by atoms with E-state index in [1.807, 2.05) is 0 Å². The molecule has 6 nitrogen and oxygen atoms in total. The molecule has 2 fully saturated rings. The van der Waals surface area contributed by atoms with Gasteiger partial charge in [0.2, 0.25) is 0 Å². The summed E-state index contributed by atoms with van der Waals surface area (Å²) < 4.78 is 11.2. The van der Waals surface area contributed by atoms with Gasteiger partial charge in [-0.05, 0) is 61.4 Å². The highest BCUT2D eigenvalue weighted by Crippen LogP contribution is 2.34. The Hall–Kier alpha value is -1.40. The van der Waals surface area contributed by atoms with Crippen LogP contribution in [-0.2, 0) is 19.1 Å². The topological polar surface area (TPSA) is 67.9 Å². The quantitative estimate of drug-likeness (QED) is 0.0866. The number of nitrogens with zero attached hydrogens (tertiary/aromatic N) is 1. The molecule has 0 aromatic carbocycles. The lowest BCUT2D eigenvalue weighted by molar-refractivity contribution is -0.159. The van der Waals surface area contributed by atoms with E-state index in [9.17, 15) is 9.59 Å². The number of hydrogen-bond donors (Lipinski definition) is 1. The zero-order chi connectivity index (χ0) is 33.9. The van der Waals surface area contributed by atoms with E-state index in [1.165, 1.54) is 96.0 Å². The minimum absolute atomic E-state index is 0.00780. The summed E-state index contributed by atoms with van der Waals surface area (Å²) in [6.07, 6.45) is 24.8. The van der Waals surface area contributed by atoms with Crippen LogP contribution in [0.25, 0.3) is 0 Å². The SMILES string of the molecule is C=CC(=O)OC1CC(C)(C)NC(C)(C)C1.CCCCCCCCCCCCCCCCCC(=O)OC1CCN(C)C(C)(C)C1C. The molecule has 45 heavy (non-hydrogen) atoms. The van der Waals surface area contributed by atoms with Gasteiger partial charge in [0.25, 0.3) is 0 Å². The van der Waals surface area contributed by atoms with Gasteiger partial charge in [0.15, 0.2) is 0 Å². The van der Waals surface area contributed by atoms with Gasteiger partial charge in [0.1, 0.15) is 12.2 Å². The molecule has 0 aromatic heterocycles. The minimum Gasteiger partial charge on any atom is -0.462 e. The molecule has 0 aliphatic carbocycles. The summed E-state index contributed by atoms with van der Waals surface area (Å²) in [6.45, 7) is 21.9. The number of unbranched alkanes of at least 4 members (excludes halogenated alkanes) is 14. The Kier molecular flexibility index (Phi) is 19.9. The first-order valence-electron chi connectivity index (χ1n) is 18.7. The Labute approximate surface area is 279 Å². The van der Waals surface area contributed by atoms with Gasteiger partial charge >= 0.3 is 11.9 Å². The summed E-state index contributed by atoms with van der Waals surface area (Å²) in [5.41, 5.74) is 0.111. The van der Waals surface area contributed by atoms with Gasteiger partial charge in [0, 0.05) is 54.4 Å². The van der Waals surface area contributed by atoms with Crippen molar-refractivity contribution in [2.75, 3.05) is 13.6 Å². The summed E-state index contributed by atoms with van der Waals surface area (Å²) in [4.78, 5) is 25.8. The van der Waals surface area contributed by atoms with Crippen molar-refractivity contribution in [2.45, 2.75) is 206 Å². The molecular weight excluding hydrogens is 560 g/mol. The van der Waals surface area contributed by atoms with Crippen molar-refractivity contribution >= 4 is 11.9 Å². The lowest BCUT2D eigenvalue weighted by Crippen LogP contribution is -2.59. The molecule has 264 valence electrons. The molecule has 2 saturated heterocycles. The summed E-state index contributed by atoms with van der Waals surface area (Å²) in [5.74, 6) is 0.0663. The number of nitrogens with one attached hydrogen (secondary N) is 1. The van der Waals surface area contributed by atoms with E-state index < -0.39 is 0 Å². The number of piperidine rings is 2. The van der Waals surface area contributed by atoms with Crippen LogP contribution in [0.15, 0.2) is 12.7 Å². The number of rotatable bonds is 19. The van der Waals surface area contributed by atoms with E-state index in [2.05, 4.69) is 79.2 Å². The molecule has 2 unspecified atom stereocenters. The van der Waals surface area contributed by atoms with E-state index in [1.54, 1.807) is 0 Å². The predicted molar refractivity (Wildman–Crippen MR) is 191 cm³/mol. The minimum atomic E-state index is -0.325. The average molecular weight is 635 g/mol. The number of esters is 2.